The zero-order chi connectivity index (χ0) is 19.9. The lowest BCUT2D eigenvalue weighted by Crippen LogP contribution is -2.52. The molecule has 3 atom stereocenters. The maximum Gasteiger partial charge on any atom is 0.318 e. The lowest BCUT2D eigenvalue weighted by atomic mass is 9.66. The van der Waals surface area contributed by atoms with Gasteiger partial charge in [-0.2, -0.15) is 0 Å². The molecule has 27 heavy (non-hydrogen) atoms. The first-order valence-electron chi connectivity index (χ1n) is 7.81. The number of aromatic amines is 1. The molecule has 0 amide bonds. The van der Waals surface area contributed by atoms with Crippen molar-refractivity contribution in [1.82, 2.24) is 4.98 Å². The zero-order valence-corrected chi connectivity index (χ0v) is 15.6. The van der Waals surface area contributed by atoms with Gasteiger partial charge in [-0.15, -0.1) is 0 Å². The van der Waals surface area contributed by atoms with Gasteiger partial charge in [0.2, 0.25) is 0 Å². The van der Waals surface area contributed by atoms with Gasteiger partial charge in [0.15, 0.2) is 0 Å². The highest BCUT2D eigenvalue weighted by molar-refractivity contribution is 8.00. The molecule has 0 bridgehead atoms. The molecule has 142 valence electrons. The molecule has 4 N–H and O–H groups in total. The molecule has 0 spiro atoms. The lowest BCUT2D eigenvalue weighted by Gasteiger charge is -2.43. The van der Waals surface area contributed by atoms with Crippen molar-refractivity contribution in [3.8, 4) is 0 Å². The quantitative estimate of drug-likeness (QED) is 0.587. The number of carboxylic acid groups (broad SMARTS) is 3. The fourth-order valence-electron chi connectivity index (χ4n) is 3.45. The van der Waals surface area contributed by atoms with Crippen LogP contribution in [0.3, 0.4) is 0 Å². The van der Waals surface area contributed by atoms with Crippen molar-refractivity contribution in [3.05, 3.63) is 49.9 Å². The van der Waals surface area contributed by atoms with Crippen molar-refractivity contribution in [2.24, 2.45) is 5.41 Å². The predicted molar refractivity (Wildman–Crippen MR) is 97.6 cm³/mol. The minimum absolute atomic E-state index is 0.269. The third-order valence-corrected chi connectivity index (χ3v) is 7.09. The van der Waals surface area contributed by atoms with Crippen LogP contribution in [0, 0.1) is 12.3 Å². The number of carboxylic acids is 3. The second-order valence-electron chi connectivity index (χ2n) is 6.30. The minimum Gasteiger partial charge on any atom is -0.481 e. The lowest BCUT2D eigenvalue weighted by molar-refractivity contribution is -0.161. The topological polar surface area (TPSA) is 145 Å². The Morgan fingerprint density at radius 3 is 2.30 bits per heavy atom. The fraction of sp³-hybridized carbons (Fsp3) is 0.294. The van der Waals surface area contributed by atoms with Crippen LogP contribution in [0.2, 0.25) is 0 Å². The van der Waals surface area contributed by atoms with Crippen molar-refractivity contribution in [3.63, 3.8) is 0 Å². The van der Waals surface area contributed by atoms with Crippen molar-refractivity contribution in [2.75, 3.05) is 0 Å². The van der Waals surface area contributed by atoms with Crippen LogP contribution in [-0.4, -0.2) is 43.5 Å². The summed E-state index contributed by atoms with van der Waals surface area (Å²) in [5, 5.41) is 27.9. The number of thiazole rings is 1. The van der Waals surface area contributed by atoms with Gasteiger partial charge < -0.3 is 20.3 Å². The van der Waals surface area contributed by atoms with Crippen molar-refractivity contribution >= 4 is 41.0 Å². The number of rotatable bonds is 5. The average molecular weight is 409 g/mol. The highest BCUT2D eigenvalue weighted by Gasteiger charge is 2.61. The summed E-state index contributed by atoms with van der Waals surface area (Å²) in [6.07, 6.45) is -0.892. The first-order valence-corrected chi connectivity index (χ1v) is 9.50. The van der Waals surface area contributed by atoms with E-state index in [-0.39, 0.29) is 5.03 Å². The Kier molecular flexibility index (Phi) is 4.87. The highest BCUT2D eigenvalue weighted by Crippen LogP contribution is 2.58. The Morgan fingerprint density at radius 2 is 1.78 bits per heavy atom. The van der Waals surface area contributed by atoms with Crippen LogP contribution in [0.15, 0.2) is 34.1 Å². The number of aliphatic carboxylic acids is 3. The third-order valence-electron chi connectivity index (χ3n) is 4.60. The van der Waals surface area contributed by atoms with Crippen LogP contribution < -0.4 is 4.87 Å². The first-order chi connectivity index (χ1) is 12.7. The first kappa shape index (κ1) is 19.2. The maximum absolute atomic E-state index is 12.4. The summed E-state index contributed by atoms with van der Waals surface area (Å²) >= 11 is 1.45. The summed E-state index contributed by atoms with van der Waals surface area (Å²) in [7, 11) is 0. The Bertz CT molecular complexity index is 978. The molecule has 0 fully saturated rings. The van der Waals surface area contributed by atoms with E-state index in [0.29, 0.717) is 22.2 Å². The number of carbonyl (C=O) groups is 3. The minimum atomic E-state index is -2.16. The van der Waals surface area contributed by atoms with Gasteiger partial charge in [0.1, 0.15) is 10.7 Å². The van der Waals surface area contributed by atoms with Crippen molar-refractivity contribution in [2.45, 2.75) is 29.5 Å². The number of fused-ring (bicyclic) bond motifs is 1. The number of benzene rings is 1. The van der Waals surface area contributed by atoms with E-state index in [1.54, 1.807) is 24.3 Å². The third kappa shape index (κ3) is 3.15. The van der Waals surface area contributed by atoms with Crippen LogP contribution in [0.25, 0.3) is 0 Å². The van der Waals surface area contributed by atoms with Crippen LogP contribution in [0.1, 0.15) is 28.3 Å². The molecule has 8 nitrogen and oxygen atoms in total. The number of nitrogens with one attached hydrogen (secondary N) is 1. The number of H-pyrrole nitrogens is 1. The summed E-state index contributed by atoms with van der Waals surface area (Å²) in [6, 6.07) is 6.75. The molecule has 2 aromatic rings. The number of aryl methyl sites for hydroxylation is 1. The number of thioether (sulfide) groups is 1. The molecule has 0 saturated heterocycles. The second-order valence-corrected chi connectivity index (χ2v) is 8.43. The van der Waals surface area contributed by atoms with Crippen molar-refractivity contribution in [1.29, 1.82) is 0 Å². The molecular formula is C17H15NO7S2. The average Bonchev–Trinajstić information content (AvgIpc) is 2.94. The summed E-state index contributed by atoms with van der Waals surface area (Å²) in [5.41, 5.74) is -0.803. The smallest absolute Gasteiger partial charge is 0.318 e. The monoisotopic (exact) mass is 409 g/mol. The second kappa shape index (κ2) is 6.86. The molecule has 0 unspecified atom stereocenters. The molecule has 1 aliphatic rings. The van der Waals surface area contributed by atoms with Gasteiger partial charge in [0.25, 0.3) is 0 Å². The van der Waals surface area contributed by atoms with E-state index in [9.17, 15) is 34.5 Å². The molecule has 0 aliphatic carbocycles. The molecule has 2 heterocycles. The number of aromatic nitrogens is 1. The summed E-state index contributed by atoms with van der Waals surface area (Å²) < 4.78 is 0. The van der Waals surface area contributed by atoms with Gasteiger partial charge in [0.05, 0.1) is 11.4 Å². The van der Waals surface area contributed by atoms with Gasteiger partial charge in [-0.05, 0) is 12.5 Å². The highest BCUT2D eigenvalue weighted by atomic mass is 32.2. The largest absolute Gasteiger partial charge is 0.481 e. The zero-order valence-electron chi connectivity index (χ0n) is 14.0. The van der Waals surface area contributed by atoms with Gasteiger partial charge in [-0.1, -0.05) is 52.9 Å². The Morgan fingerprint density at radius 1 is 1.15 bits per heavy atom. The molecule has 0 saturated carbocycles. The molecule has 0 radical (unpaired) electrons. The van der Waals surface area contributed by atoms with Gasteiger partial charge >= 0.3 is 22.8 Å². The van der Waals surface area contributed by atoms with E-state index >= 15 is 0 Å². The number of hydrogen-bond acceptors (Lipinski definition) is 6. The standard InChI is InChI=1S/C17H15NO7S2/c1-7-2-4-8(5-3-7)10-11-13(18-16(25)26-11)27-12(14(21)22)17(10,15(23)24)6-9(19)20/h2-5,10,12H,6H2,1H3,(H,18,25)(H,19,20)(H,21,22)(H,23,24)/t10-,12-,17+/m1/s1. The van der Waals surface area contributed by atoms with Crippen LogP contribution in [-0.2, 0) is 14.4 Å². The van der Waals surface area contributed by atoms with E-state index < -0.39 is 45.8 Å². The Hall–Kier alpha value is -2.59. The SMILES string of the molecule is Cc1ccc([C@@H]2c3sc(=O)[nH]c3S[C@H](C(=O)O)[C@@]2(CC(=O)O)C(=O)O)cc1. The molecule has 3 rings (SSSR count). The normalized spacial score (nSPS) is 24.2. The number of hydrogen-bond donors (Lipinski definition) is 4. The molecule has 10 heteroatoms. The van der Waals surface area contributed by atoms with Gasteiger partial charge in [0, 0.05) is 10.8 Å². The van der Waals surface area contributed by atoms with Gasteiger partial charge in [-0.3, -0.25) is 19.2 Å². The van der Waals surface area contributed by atoms with Crippen molar-refractivity contribution < 1.29 is 29.7 Å². The Labute approximate surface area is 160 Å². The fourth-order valence-corrected chi connectivity index (χ4v) is 5.99. The van der Waals surface area contributed by atoms with E-state index in [0.717, 1.165) is 16.9 Å². The molecular weight excluding hydrogens is 394 g/mol. The Balaban J connectivity index is 2.37. The predicted octanol–water partition coefficient (Wildman–Crippen LogP) is 1.98. The molecule has 1 aromatic carbocycles. The molecule has 1 aliphatic heterocycles. The summed E-state index contributed by atoms with van der Waals surface area (Å²) in [6.45, 7) is 1.84. The van der Waals surface area contributed by atoms with Crippen LogP contribution in [0.5, 0.6) is 0 Å². The van der Waals surface area contributed by atoms with Gasteiger partial charge in [-0.25, -0.2) is 0 Å². The van der Waals surface area contributed by atoms with E-state index in [1.165, 1.54) is 0 Å². The summed E-state index contributed by atoms with van der Waals surface area (Å²) in [5.74, 6) is -5.49. The van der Waals surface area contributed by atoms with Crippen LogP contribution in [0.4, 0.5) is 0 Å². The maximum atomic E-state index is 12.4. The molecule has 1 aromatic heterocycles. The van der Waals surface area contributed by atoms with E-state index in [2.05, 4.69) is 4.98 Å². The van der Waals surface area contributed by atoms with Crippen LogP contribution >= 0.6 is 23.1 Å². The van der Waals surface area contributed by atoms with E-state index in [4.69, 9.17) is 0 Å². The van der Waals surface area contributed by atoms with E-state index in [1.807, 2.05) is 6.92 Å². The summed E-state index contributed by atoms with van der Waals surface area (Å²) in [4.78, 5) is 50.2.